The van der Waals surface area contributed by atoms with Gasteiger partial charge in [-0.05, 0) is 23.6 Å². The van der Waals surface area contributed by atoms with Crippen molar-refractivity contribution in [1.29, 1.82) is 0 Å². The molecular weight excluding hydrogens is 218 g/mol. The van der Waals surface area contributed by atoms with Gasteiger partial charge in [0.25, 0.3) is 0 Å². The summed E-state index contributed by atoms with van der Waals surface area (Å²) in [5, 5.41) is 11.2. The van der Waals surface area contributed by atoms with E-state index < -0.39 is 11.9 Å². The topological polar surface area (TPSA) is 66.4 Å². The number of carbonyl (C=O) groups is 2. The molecule has 1 amide bonds. The van der Waals surface area contributed by atoms with Crippen LogP contribution in [-0.4, -0.2) is 17.0 Å². The molecule has 0 aromatic heterocycles. The monoisotopic (exact) mass is 233 g/mol. The minimum absolute atomic E-state index is 0.120. The number of hydrogen-bond acceptors (Lipinski definition) is 2. The average molecular weight is 233 g/mol. The van der Waals surface area contributed by atoms with Gasteiger partial charge in [-0.25, -0.2) is 4.79 Å². The Labute approximate surface area is 100.0 Å². The Hall–Kier alpha value is -2.10. The van der Waals surface area contributed by atoms with E-state index >= 15 is 0 Å². The minimum Gasteiger partial charge on any atom is -0.477 e. The van der Waals surface area contributed by atoms with Gasteiger partial charge >= 0.3 is 5.97 Å². The van der Waals surface area contributed by atoms with Gasteiger partial charge in [-0.2, -0.15) is 0 Å². The van der Waals surface area contributed by atoms with Gasteiger partial charge in [-0.3, -0.25) is 4.79 Å². The van der Waals surface area contributed by atoms with Crippen molar-refractivity contribution in [3.8, 4) is 0 Å². The van der Waals surface area contributed by atoms with E-state index in [0.29, 0.717) is 0 Å². The van der Waals surface area contributed by atoms with Gasteiger partial charge in [0, 0.05) is 6.92 Å². The molecule has 1 rings (SSSR count). The highest BCUT2D eigenvalue weighted by Gasteiger charge is 2.08. The smallest absolute Gasteiger partial charge is 0.352 e. The van der Waals surface area contributed by atoms with Crippen LogP contribution in [0, 0.1) is 0 Å². The number of aryl methyl sites for hydroxylation is 1. The number of benzene rings is 1. The lowest BCUT2D eigenvalue weighted by Crippen LogP contribution is -2.24. The first-order valence-corrected chi connectivity index (χ1v) is 5.34. The van der Waals surface area contributed by atoms with Crippen molar-refractivity contribution in [2.24, 2.45) is 0 Å². The molecule has 90 valence electrons. The summed E-state index contributed by atoms with van der Waals surface area (Å²) in [7, 11) is 0. The molecule has 0 spiro atoms. The van der Waals surface area contributed by atoms with Gasteiger partial charge < -0.3 is 10.4 Å². The van der Waals surface area contributed by atoms with Crippen molar-refractivity contribution in [1.82, 2.24) is 5.32 Å². The number of aliphatic carboxylic acids is 1. The minimum atomic E-state index is -1.15. The van der Waals surface area contributed by atoms with E-state index in [1.54, 1.807) is 6.07 Å². The van der Waals surface area contributed by atoms with Crippen LogP contribution >= 0.6 is 0 Å². The predicted molar refractivity (Wildman–Crippen MR) is 65.2 cm³/mol. The van der Waals surface area contributed by atoms with Gasteiger partial charge in [0.1, 0.15) is 5.70 Å². The summed E-state index contributed by atoms with van der Waals surface area (Å²) in [6, 6.07) is 7.52. The Bertz CT molecular complexity index is 463. The molecule has 0 unspecified atom stereocenters. The highest BCUT2D eigenvalue weighted by Crippen LogP contribution is 2.09. The third-order valence-corrected chi connectivity index (χ3v) is 2.21. The molecule has 4 nitrogen and oxygen atoms in total. The van der Waals surface area contributed by atoms with E-state index in [0.717, 1.165) is 17.5 Å². The van der Waals surface area contributed by atoms with Crippen LogP contribution in [0.1, 0.15) is 25.0 Å². The fraction of sp³-hybridized carbons (Fsp3) is 0.231. The van der Waals surface area contributed by atoms with Crippen LogP contribution in [0.3, 0.4) is 0 Å². The van der Waals surface area contributed by atoms with Crippen molar-refractivity contribution in [3.63, 3.8) is 0 Å². The largest absolute Gasteiger partial charge is 0.477 e. The first-order chi connectivity index (χ1) is 8.02. The van der Waals surface area contributed by atoms with Crippen LogP contribution in [0.4, 0.5) is 0 Å². The van der Waals surface area contributed by atoms with Crippen LogP contribution in [0.5, 0.6) is 0 Å². The van der Waals surface area contributed by atoms with Gasteiger partial charge in [0.2, 0.25) is 5.91 Å². The average Bonchev–Trinajstić information content (AvgIpc) is 2.27. The number of carboxylic acids is 1. The Morgan fingerprint density at radius 3 is 2.65 bits per heavy atom. The maximum absolute atomic E-state index is 10.9. The summed E-state index contributed by atoms with van der Waals surface area (Å²) in [6.07, 6.45) is 2.33. The van der Waals surface area contributed by atoms with E-state index in [9.17, 15) is 9.59 Å². The number of carbonyl (C=O) groups excluding carboxylic acids is 1. The zero-order chi connectivity index (χ0) is 12.8. The molecule has 0 heterocycles. The molecule has 0 aliphatic rings. The second kappa shape index (κ2) is 5.84. The first-order valence-electron chi connectivity index (χ1n) is 5.34. The molecule has 17 heavy (non-hydrogen) atoms. The van der Waals surface area contributed by atoms with Crippen molar-refractivity contribution in [2.75, 3.05) is 0 Å². The molecule has 0 radical (unpaired) electrons. The summed E-state index contributed by atoms with van der Waals surface area (Å²) in [6.45, 7) is 3.30. The summed E-state index contributed by atoms with van der Waals surface area (Å²) < 4.78 is 0. The molecule has 4 heteroatoms. The Morgan fingerprint density at radius 1 is 1.41 bits per heavy atom. The van der Waals surface area contributed by atoms with E-state index in [4.69, 9.17) is 5.11 Å². The molecule has 0 aliphatic heterocycles. The number of carboxylic acid groups (broad SMARTS) is 1. The third-order valence-electron chi connectivity index (χ3n) is 2.21. The summed E-state index contributed by atoms with van der Waals surface area (Å²) in [5.41, 5.74) is 1.76. The van der Waals surface area contributed by atoms with E-state index in [2.05, 4.69) is 5.32 Å². The molecule has 1 aromatic rings. The standard InChI is InChI=1S/C13H15NO3/c1-3-10-5-4-6-11(7-10)8-12(13(16)17)14-9(2)15/h4-8H,3H2,1-2H3,(H,14,15)(H,16,17)/b12-8+. The van der Waals surface area contributed by atoms with Crippen molar-refractivity contribution in [2.45, 2.75) is 20.3 Å². The van der Waals surface area contributed by atoms with Gasteiger partial charge in [-0.1, -0.05) is 31.2 Å². The van der Waals surface area contributed by atoms with Gasteiger partial charge in [-0.15, -0.1) is 0 Å². The van der Waals surface area contributed by atoms with Crippen molar-refractivity contribution < 1.29 is 14.7 Å². The Kier molecular flexibility index (Phi) is 4.46. The number of rotatable bonds is 4. The predicted octanol–water partition coefficient (Wildman–Crippen LogP) is 1.81. The lowest BCUT2D eigenvalue weighted by atomic mass is 10.1. The third kappa shape index (κ3) is 4.10. The fourth-order valence-corrected chi connectivity index (χ4v) is 1.41. The quantitative estimate of drug-likeness (QED) is 0.779. The second-order valence-electron chi connectivity index (χ2n) is 3.64. The van der Waals surface area contributed by atoms with Crippen molar-refractivity contribution in [3.05, 3.63) is 41.1 Å². The molecular formula is C13H15NO3. The lowest BCUT2D eigenvalue weighted by Gasteiger charge is -2.04. The van der Waals surface area contributed by atoms with E-state index in [-0.39, 0.29) is 5.70 Å². The molecule has 0 bridgehead atoms. The molecule has 2 N–H and O–H groups in total. The SMILES string of the molecule is CCc1cccc(/C=C(/NC(C)=O)C(=O)O)c1. The number of nitrogens with one attached hydrogen (secondary N) is 1. The maximum atomic E-state index is 10.9. The lowest BCUT2D eigenvalue weighted by molar-refractivity contribution is -0.134. The summed E-state index contributed by atoms with van der Waals surface area (Å²) in [4.78, 5) is 21.8. The van der Waals surface area contributed by atoms with Crippen molar-refractivity contribution >= 4 is 18.0 Å². The second-order valence-corrected chi connectivity index (χ2v) is 3.64. The van der Waals surface area contributed by atoms with Crippen LogP contribution < -0.4 is 5.32 Å². The maximum Gasteiger partial charge on any atom is 0.352 e. The molecule has 0 atom stereocenters. The number of hydrogen-bond donors (Lipinski definition) is 2. The normalized spacial score (nSPS) is 11.1. The van der Waals surface area contributed by atoms with Crippen LogP contribution in [-0.2, 0) is 16.0 Å². The molecule has 1 aromatic carbocycles. The molecule has 0 saturated heterocycles. The summed E-state index contributed by atoms with van der Waals surface area (Å²) >= 11 is 0. The highest BCUT2D eigenvalue weighted by molar-refractivity contribution is 5.96. The highest BCUT2D eigenvalue weighted by atomic mass is 16.4. The van der Waals surface area contributed by atoms with Crippen LogP contribution in [0.2, 0.25) is 0 Å². The van der Waals surface area contributed by atoms with Gasteiger partial charge in [0.05, 0.1) is 0 Å². The van der Waals surface area contributed by atoms with Gasteiger partial charge in [0.15, 0.2) is 0 Å². The Balaban J connectivity index is 3.03. The molecule has 0 saturated carbocycles. The zero-order valence-electron chi connectivity index (χ0n) is 9.86. The Morgan fingerprint density at radius 2 is 2.12 bits per heavy atom. The molecule has 0 fully saturated rings. The van der Waals surface area contributed by atoms with Crippen LogP contribution in [0.25, 0.3) is 6.08 Å². The molecule has 0 aliphatic carbocycles. The van der Waals surface area contributed by atoms with Crippen LogP contribution in [0.15, 0.2) is 30.0 Å². The number of amides is 1. The first kappa shape index (κ1) is 13.0. The van der Waals surface area contributed by atoms with E-state index in [1.165, 1.54) is 13.0 Å². The van der Waals surface area contributed by atoms with E-state index in [1.807, 2.05) is 25.1 Å². The zero-order valence-corrected chi connectivity index (χ0v) is 9.86. The summed E-state index contributed by atoms with van der Waals surface area (Å²) in [5.74, 6) is -1.55. The fourth-order valence-electron chi connectivity index (χ4n) is 1.41.